The van der Waals surface area contributed by atoms with Crippen molar-refractivity contribution in [3.05, 3.63) is 0 Å². The quantitative estimate of drug-likeness (QED) is 0.544. The van der Waals surface area contributed by atoms with Crippen molar-refractivity contribution in [1.29, 1.82) is 0 Å². The minimum absolute atomic E-state index is 0.0233. The highest BCUT2D eigenvalue weighted by molar-refractivity contribution is 6.01. The summed E-state index contributed by atoms with van der Waals surface area (Å²) < 4.78 is 10.1. The number of Topliss-reactive ketones (excluding diaryl/α,β-unsaturated/α-hetero) is 1. The normalized spacial score (nSPS) is 20.9. The number of carbonyl (C=O) groups is 3. The molecular formula is C14H22O5. The molecule has 1 atom stereocenters. The molecular weight excluding hydrogens is 248 g/mol. The van der Waals surface area contributed by atoms with Crippen LogP contribution in [0.5, 0.6) is 0 Å². The van der Waals surface area contributed by atoms with Crippen molar-refractivity contribution in [1.82, 2.24) is 0 Å². The molecule has 0 aromatic rings. The van der Waals surface area contributed by atoms with E-state index in [1.54, 1.807) is 13.8 Å². The van der Waals surface area contributed by atoms with Crippen LogP contribution in [0, 0.1) is 11.3 Å². The Bertz CT molecular complexity index is 343. The Balaban J connectivity index is 3.05. The van der Waals surface area contributed by atoms with E-state index in [2.05, 4.69) is 0 Å². The maximum Gasteiger partial charge on any atom is 0.323 e. The predicted octanol–water partition coefficient (Wildman–Crippen LogP) is 1.88. The third kappa shape index (κ3) is 3.14. The molecule has 1 aliphatic rings. The Kier molecular flexibility index (Phi) is 5.51. The van der Waals surface area contributed by atoms with Crippen LogP contribution in [0.2, 0.25) is 0 Å². The first-order valence-electron chi connectivity index (χ1n) is 6.82. The van der Waals surface area contributed by atoms with Crippen LogP contribution < -0.4 is 0 Å². The number of esters is 2. The number of ketones is 1. The molecule has 0 amide bonds. The second-order valence-corrected chi connectivity index (χ2v) is 4.91. The van der Waals surface area contributed by atoms with Crippen molar-refractivity contribution < 1.29 is 23.9 Å². The lowest BCUT2D eigenvalue weighted by atomic mass is 9.75. The highest BCUT2D eigenvalue weighted by Crippen LogP contribution is 2.47. The largest absolute Gasteiger partial charge is 0.465 e. The van der Waals surface area contributed by atoms with Crippen molar-refractivity contribution in [2.45, 2.75) is 46.5 Å². The maximum atomic E-state index is 12.2. The second-order valence-electron chi connectivity index (χ2n) is 4.91. The molecule has 5 nitrogen and oxygen atoms in total. The summed E-state index contributed by atoms with van der Waals surface area (Å²) in [6.07, 6.45) is 2.03. The van der Waals surface area contributed by atoms with Crippen LogP contribution in [-0.4, -0.2) is 30.9 Å². The zero-order valence-electron chi connectivity index (χ0n) is 11.9. The molecule has 0 spiro atoms. The average Bonchev–Trinajstić information content (AvgIpc) is 2.73. The SMILES string of the molecule is CCOC(=O)C1(C(=O)OCC)CCCC1CC(C)=O. The summed E-state index contributed by atoms with van der Waals surface area (Å²) in [5.74, 6) is -1.41. The van der Waals surface area contributed by atoms with Crippen molar-refractivity contribution in [3.8, 4) is 0 Å². The first-order valence-corrected chi connectivity index (χ1v) is 6.82. The summed E-state index contributed by atoms with van der Waals surface area (Å²) in [5, 5.41) is 0. The summed E-state index contributed by atoms with van der Waals surface area (Å²) in [7, 11) is 0. The third-order valence-corrected chi connectivity index (χ3v) is 3.63. The molecule has 1 unspecified atom stereocenters. The van der Waals surface area contributed by atoms with E-state index in [4.69, 9.17) is 9.47 Å². The Morgan fingerprint density at radius 3 is 2.05 bits per heavy atom. The van der Waals surface area contributed by atoms with Gasteiger partial charge in [-0.1, -0.05) is 6.42 Å². The summed E-state index contributed by atoms with van der Waals surface area (Å²) in [6, 6.07) is 0. The number of carbonyl (C=O) groups excluding carboxylic acids is 3. The number of hydrogen-bond donors (Lipinski definition) is 0. The van der Waals surface area contributed by atoms with E-state index < -0.39 is 17.4 Å². The van der Waals surface area contributed by atoms with E-state index in [-0.39, 0.29) is 31.3 Å². The molecule has 0 aromatic carbocycles. The number of hydrogen-bond acceptors (Lipinski definition) is 5. The van der Waals surface area contributed by atoms with Gasteiger partial charge in [0.25, 0.3) is 0 Å². The molecule has 19 heavy (non-hydrogen) atoms. The Morgan fingerprint density at radius 2 is 1.63 bits per heavy atom. The molecule has 0 aliphatic heterocycles. The molecule has 1 fully saturated rings. The summed E-state index contributed by atoms with van der Waals surface area (Å²) in [6.45, 7) is 5.30. The lowest BCUT2D eigenvalue weighted by Gasteiger charge is -2.30. The van der Waals surface area contributed by atoms with Crippen molar-refractivity contribution in [2.24, 2.45) is 11.3 Å². The fraction of sp³-hybridized carbons (Fsp3) is 0.786. The molecule has 0 saturated heterocycles. The van der Waals surface area contributed by atoms with Crippen LogP contribution in [-0.2, 0) is 23.9 Å². The van der Waals surface area contributed by atoms with E-state index >= 15 is 0 Å². The van der Waals surface area contributed by atoms with E-state index in [0.717, 1.165) is 6.42 Å². The van der Waals surface area contributed by atoms with E-state index in [1.165, 1.54) is 6.92 Å². The minimum atomic E-state index is -1.28. The molecule has 1 rings (SSSR count). The third-order valence-electron chi connectivity index (χ3n) is 3.63. The minimum Gasteiger partial charge on any atom is -0.465 e. The first-order chi connectivity index (χ1) is 8.98. The summed E-state index contributed by atoms with van der Waals surface area (Å²) in [4.78, 5) is 35.8. The number of ether oxygens (including phenoxy) is 2. The predicted molar refractivity (Wildman–Crippen MR) is 68.3 cm³/mol. The summed E-state index contributed by atoms with van der Waals surface area (Å²) >= 11 is 0. The van der Waals surface area contributed by atoms with Gasteiger partial charge in [0.2, 0.25) is 0 Å². The van der Waals surface area contributed by atoms with Crippen LogP contribution in [0.4, 0.5) is 0 Å². The van der Waals surface area contributed by atoms with Gasteiger partial charge in [-0.25, -0.2) is 0 Å². The van der Waals surface area contributed by atoms with Crippen LogP contribution in [0.15, 0.2) is 0 Å². The average molecular weight is 270 g/mol. The lowest BCUT2D eigenvalue weighted by molar-refractivity contribution is -0.175. The second kappa shape index (κ2) is 6.68. The molecule has 0 bridgehead atoms. The number of rotatable bonds is 6. The van der Waals surface area contributed by atoms with Gasteiger partial charge < -0.3 is 14.3 Å². The van der Waals surface area contributed by atoms with Crippen molar-refractivity contribution in [3.63, 3.8) is 0 Å². The van der Waals surface area contributed by atoms with Gasteiger partial charge in [-0.3, -0.25) is 9.59 Å². The highest BCUT2D eigenvalue weighted by Gasteiger charge is 2.57. The van der Waals surface area contributed by atoms with Gasteiger partial charge in [0.1, 0.15) is 5.78 Å². The van der Waals surface area contributed by atoms with Gasteiger partial charge in [-0.15, -0.1) is 0 Å². The van der Waals surface area contributed by atoms with Crippen LogP contribution in [0.1, 0.15) is 46.5 Å². The van der Waals surface area contributed by atoms with Gasteiger partial charge in [0, 0.05) is 6.42 Å². The first kappa shape index (κ1) is 15.7. The monoisotopic (exact) mass is 270 g/mol. The molecule has 0 radical (unpaired) electrons. The van der Waals surface area contributed by atoms with Crippen LogP contribution >= 0.6 is 0 Å². The Labute approximate surface area is 113 Å². The molecule has 5 heteroatoms. The molecule has 0 heterocycles. The topological polar surface area (TPSA) is 69.7 Å². The van der Waals surface area contributed by atoms with Crippen molar-refractivity contribution >= 4 is 17.7 Å². The van der Waals surface area contributed by atoms with Gasteiger partial charge in [-0.05, 0) is 39.5 Å². The molecule has 0 aromatic heterocycles. The fourth-order valence-corrected chi connectivity index (χ4v) is 2.84. The van der Waals surface area contributed by atoms with Gasteiger partial charge >= 0.3 is 11.9 Å². The lowest BCUT2D eigenvalue weighted by Crippen LogP contribution is -2.45. The highest BCUT2D eigenvalue weighted by atomic mass is 16.6. The smallest absolute Gasteiger partial charge is 0.323 e. The Hall–Kier alpha value is -1.39. The van der Waals surface area contributed by atoms with E-state index in [0.29, 0.717) is 12.8 Å². The van der Waals surface area contributed by atoms with E-state index in [9.17, 15) is 14.4 Å². The Morgan fingerprint density at radius 1 is 1.11 bits per heavy atom. The van der Waals surface area contributed by atoms with Gasteiger partial charge in [-0.2, -0.15) is 0 Å². The molecule has 0 N–H and O–H groups in total. The molecule has 108 valence electrons. The summed E-state index contributed by atoms with van der Waals surface area (Å²) in [5.41, 5.74) is -1.28. The van der Waals surface area contributed by atoms with Gasteiger partial charge in [0.15, 0.2) is 5.41 Å². The zero-order chi connectivity index (χ0) is 14.5. The molecule has 1 saturated carbocycles. The van der Waals surface area contributed by atoms with Crippen LogP contribution in [0.25, 0.3) is 0 Å². The van der Waals surface area contributed by atoms with Gasteiger partial charge in [0.05, 0.1) is 13.2 Å². The van der Waals surface area contributed by atoms with Crippen molar-refractivity contribution in [2.75, 3.05) is 13.2 Å². The standard InChI is InChI=1S/C14H22O5/c1-4-18-12(16)14(13(17)19-5-2)8-6-7-11(14)9-10(3)15/h11H,4-9H2,1-3H3. The zero-order valence-corrected chi connectivity index (χ0v) is 11.9. The molecule has 1 aliphatic carbocycles. The van der Waals surface area contributed by atoms with Crippen LogP contribution in [0.3, 0.4) is 0 Å². The fourth-order valence-electron chi connectivity index (χ4n) is 2.84. The maximum absolute atomic E-state index is 12.2. The van der Waals surface area contributed by atoms with E-state index in [1.807, 2.05) is 0 Å².